The van der Waals surface area contributed by atoms with Crippen LogP contribution in [0.4, 0.5) is 0 Å². The quantitative estimate of drug-likeness (QED) is 0.119. The van der Waals surface area contributed by atoms with Crippen molar-refractivity contribution in [2.75, 3.05) is 0 Å². The average molecular weight is 732 g/mol. The molecular formula is C53H37N3O. The Balaban J connectivity index is 1.18. The highest BCUT2D eigenvalue weighted by molar-refractivity contribution is 6.18. The second-order valence-corrected chi connectivity index (χ2v) is 14.3. The largest absolute Gasteiger partial charge is 0.455 e. The zero-order chi connectivity index (χ0) is 38.3. The van der Waals surface area contributed by atoms with Crippen molar-refractivity contribution >= 4 is 61.0 Å². The number of amidine groups is 1. The lowest BCUT2D eigenvalue weighted by Gasteiger charge is -2.10. The summed E-state index contributed by atoms with van der Waals surface area (Å²) in [7, 11) is 0. The van der Waals surface area contributed by atoms with Crippen LogP contribution in [0.5, 0.6) is 0 Å². The molecule has 2 aromatic heterocycles. The minimum Gasteiger partial charge on any atom is -0.455 e. The van der Waals surface area contributed by atoms with E-state index in [9.17, 15) is 0 Å². The van der Waals surface area contributed by atoms with E-state index < -0.39 is 0 Å². The van der Waals surface area contributed by atoms with Crippen LogP contribution in [0.2, 0.25) is 0 Å². The number of furan rings is 1. The second-order valence-electron chi connectivity index (χ2n) is 14.3. The van der Waals surface area contributed by atoms with E-state index in [-0.39, 0.29) is 0 Å². The van der Waals surface area contributed by atoms with Crippen LogP contribution in [0.3, 0.4) is 0 Å². The van der Waals surface area contributed by atoms with Gasteiger partial charge in [-0.15, -0.1) is 0 Å². The monoisotopic (exact) mass is 731 g/mol. The van der Waals surface area contributed by atoms with E-state index >= 15 is 0 Å². The summed E-state index contributed by atoms with van der Waals surface area (Å²) in [5.74, 6) is 0.598. The van der Waals surface area contributed by atoms with Crippen molar-refractivity contribution in [1.29, 1.82) is 0 Å². The summed E-state index contributed by atoms with van der Waals surface area (Å²) < 4.78 is 9.23. The number of hydrogen-bond acceptors (Lipinski definition) is 2. The summed E-state index contributed by atoms with van der Waals surface area (Å²) in [5.41, 5.74) is 13.7. The maximum absolute atomic E-state index is 6.88. The molecule has 8 aromatic carbocycles. The van der Waals surface area contributed by atoms with Gasteiger partial charge >= 0.3 is 0 Å². The molecule has 0 aliphatic heterocycles. The lowest BCUT2D eigenvalue weighted by molar-refractivity contribution is 0.670. The first-order valence-electron chi connectivity index (χ1n) is 19.2. The minimum absolute atomic E-state index is 0.598. The Kier molecular flexibility index (Phi) is 8.50. The number of aromatic nitrogens is 1. The molecule has 0 N–H and O–H groups in total. The molecule has 0 atom stereocenters. The number of nitrogens with zero attached hydrogens (tertiary/aromatic N) is 3. The Labute approximate surface area is 331 Å². The second kappa shape index (κ2) is 14.3. The van der Waals surface area contributed by atoms with Gasteiger partial charge in [-0.2, -0.15) is 0 Å². The van der Waals surface area contributed by atoms with Crippen molar-refractivity contribution < 1.29 is 4.42 Å². The van der Waals surface area contributed by atoms with Gasteiger partial charge in [-0.1, -0.05) is 152 Å². The van der Waals surface area contributed by atoms with Gasteiger partial charge in [-0.25, -0.2) is 9.98 Å². The fourth-order valence-corrected chi connectivity index (χ4v) is 8.01. The van der Waals surface area contributed by atoms with Crippen LogP contribution in [-0.4, -0.2) is 16.1 Å². The predicted molar refractivity (Wildman–Crippen MR) is 240 cm³/mol. The molecule has 4 nitrogen and oxygen atoms in total. The van der Waals surface area contributed by atoms with E-state index in [2.05, 4.69) is 145 Å². The Morgan fingerprint density at radius 3 is 1.89 bits per heavy atom. The standard InChI is InChI=1S/C53H37N3O/c1-35(37-18-7-3-8-19-37)54-53(39-22-11-5-12-23-39)55-36(2)43-27-17-29-50-51(43)47-34-41(38-20-9-4-10-21-38)33-45(52(47)57-50)40-30-31-49-46(32-40)44-26-15-16-28-48(44)56(49)42-24-13-6-14-25-42/h3-34H,2H2,1H3/b54-35+,55-53-. The number of hydrogen-bond donors (Lipinski definition) is 0. The molecule has 0 aliphatic carbocycles. The van der Waals surface area contributed by atoms with Crippen LogP contribution in [-0.2, 0) is 0 Å². The molecule has 0 saturated carbocycles. The van der Waals surface area contributed by atoms with Crippen LogP contribution in [0.15, 0.2) is 215 Å². The smallest absolute Gasteiger partial charge is 0.160 e. The van der Waals surface area contributed by atoms with E-state index in [0.717, 1.165) is 77.8 Å². The van der Waals surface area contributed by atoms with Gasteiger partial charge in [0.15, 0.2) is 5.84 Å². The third kappa shape index (κ3) is 6.14. The molecule has 0 amide bonds. The van der Waals surface area contributed by atoms with E-state index in [1.54, 1.807) is 0 Å². The van der Waals surface area contributed by atoms with E-state index in [1.165, 1.54) is 16.3 Å². The molecule has 0 unspecified atom stereocenters. The maximum Gasteiger partial charge on any atom is 0.160 e. The molecule has 0 bridgehead atoms. The Morgan fingerprint density at radius 1 is 0.509 bits per heavy atom. The molecule has 0 fully saturated rings. The first kappa shape index (κ1) is 34.0. The van der Waals surface area contributed by atoms with E-state index in [0.29, 0.717) is 11.5 Å². The average Bonchev–Trinajstić information content (AvgIpc) is 3.82. The van der Waals surface area contributed by atoms with E-state index in [4.69, 9.17) is 14.4 Å². The number of rotatable bonds is 7. The Bertz CT molecular complexity index is 3170. The fraction of sp³-hybridized carbons (Fsp3) is 0.0189. The van der Waals surface area contributed by atoms with Crippen molar-refractivity contribution in [3.05, 3.63) is 217 Å². The SMILES string of the molecule is C=C(/N=C(\N=C(/C)c1ccccc1)c1ccccc1)c1cccc2oc3c(-c4ccc5c(c4)c4ccccc4n5-c4ccccc4)cc(-c4ccccc4)cc3c12. The lowest BCUT2D eigenvalue weighted by Crippen LogP contribution is -2.04. The van der Waals surface area contributed by atoms with Gasteiger partial charge in [0.2, 0.25) is 0 Å². The fourth-order valence-electron chi connectivity index (χ4n) is 8.01. The first-order chi connectivity index (χ1) is 28.1. The summed E-state index contributed by atoms with van der Waals surface area (Å²) in [6.45, 7) is 6.58. The minimum atomic E-state index is 0.598. The topological polar surface area (TPSA) is 42.8 Å². The third-order valence-electron chi connectivity index (χ3n) is 10.8. The summed E-state index contributed by atoms with van der Waals surface area (Å²) in [4.78, 5) is 10.2. The molecule has 4 heteroatoms. The van der Waals surface area contributed by atoms with Crippen molar-refractivity contribution in [3.63, 3.8) is 0 Å². The highest BCUT2D eigenvalue weighted by atomic mass is 16.3. The number of benzene rings is 8. The molecule has 0 saturated heterocycles. The number of fused-ring (bicyclic) bond motifs is 6. The molecule has 10 rings (SSSR count). The highest BCUT2D eigenvalue weighted by Crippen LogP contribution is 2.43. The predicted octanol–water partition coefficient (Wildman–Crippen LogP) is 13.9. The normalized spacial score (nSPS) is 12.2. The molecule has 57 heavy (non-hydrogen) atoms. The van der Waals surface area contributed by atoms with Crippen LogP contribution >= 0.6 is 0 Å². The molecule has 0 aliphatic rings. The molecule has 0 spiro atoms. The summed E-state index contributed by atoms with van der Waals surface area (Å²) in [6, 6.07) is 67.5. The molecule has 270 valence electrons. The zero-order valence-electron chi connectivity index (χ0n) is 31.4. The van der Waals surface area contributed by atoms with Crippen molar-refractivity contribution in [1.82, 2.24) is 4.57 Å². The van der Waals surface area contributed by atoms with Gasteiger partial charge in [0, 0.05) is 49.6 Å². The molecule has 10 aromatic rings. The number of aliphatic imine (C=N–C) groups is 2. The van der Waals surface area contributed by atoms with Gasteiger partial charge in [0.1, 0.15) is 11.2 Å². The van der Waals surface area contributed by atoms with E-state index in [1.807, 2.05) is 67.6 Å². The van der Waals surface area contributed by atoms with Crippen LogP contribution in [0.1, 0.15) is 23.6 Å². The molecule has 2 heterocycles. The lowest BCUT2D eigenvalue weighted by atomic mass is 9.94. The van der Waals surface area contributed by atoms with Gasteiger partial charge in [0.25, 0.3) is 0 Å². The van der Waals surface area contributed by atoms with Crippen LogP contribution < -0.4 is 0 Å². The van der Waals surface area contributed by atoms with Crippen LogP contribution in [0.25, 0.3) is 77.4 Å². The molecular weight excluding hydrogens is 695 g/mol. The first-order valence-corrected chi connectivity index (χ1v) is 19.2. The van der Waals surface area contributed by atoms with Crippen LogP contribution in [0, 0.1) is 0 Å². The van der Waals surface area contributed by atoms with Gasteiger partial charge in [-0.05, 0) is 77.7 Å². The highest BCUT2D eigenvalue weighted by Gasteiger charge is 2.20. The Morgan fingerprint density at radius 2 is 1.14 bits per heavy atom. The van der Waals surface area contributed by atoms with Gasteiger partial charge in [-0.3, -0.25) is 0 Å². The van der Waals surface area contributed by atoms with Crippen molar-refractivity contribution in [2.45, 2.75) is 6.92 Å². The van der Waals surface area contributed by atoms with Crippen molar-refractivity contribution in [2.24, 2.45) is 9.98 Å². The van der Waals surface area contributed by atoms with Crippen molar-refractivity contribution in [3.8, 4) is 27.9 Å². The number of para-hydroxylation sites is 2. The zero-order valence-corrected chi connectivity index (χ0v) is 31.4. The summed E-state index contributed by atoms with van der Waals surface area (Å²) in [6.07, 6.45) is 0. The van der Waals surface area contributed by atoms with Gasteiger partial charge in [0.05, 0.1) is 16.7 Å². The third-order valence-corrected chi connectivity index (χ3v) is 10.8. The summed E-state index contributed by atoms with van der Waals surface area (Å²) >= 11 is 0. The summed E-state index contributed by atoms with van der Waals surface area (Å²) in [5, 5.41) is 4.36. The Hall–Kier alpha value is -7.56. The molecule has 0 radical (unpaired) electrons. The maximum atomic E-state index is 6.88. The van der Waals surface area contributed by atoms with Gasteiger partial charge < -0.3 is 8.98 Å².